The lowest BCUT2D eigenvalue weighted by atomic mass is 9.98. The lowest BCUT2D eigenvalue weighted by Crippen LogP contribution is -2.52. The molecule has 3 nitrogen and oxygen atoms in total. The molecule has 3 fully saturated rings. The van der Waals surface area contributed by atoms with E-state index in [-0.39, 0.29) is 0 Å². The highest BCUT2D eigenvalue weighted by Crippen LogP contribution is 2.33. The molecule has 1 aromatic carbocycles. The standard InChI is InChI=1S/C28H44O3Si/c1-5-15-25(16-6-1)17-13-14-24-32(29-26-18-7-2-8-19-26,30-27-20-9-3-10-21-27)31-28-22-11-4-12-23-28/h1,5-6,14-16,24,26-28H,2-4,7-13,17-23H2. The van der Waals surface area contributed by atoms with Crippen LogP contribution in [0.3, 0.4) is 0 Å². The second-order valence-corrected chi connectivity index (χ2v) is 12.4. The summed E-state index contributed by atoms with van der Waals surface area (Å²) in [5.74, 6) is 0. The van der Waals surface area contributed by atoms with Crippen molar-refractivity contribution in [2.75, 3.05) is 0 Å². The number of rotatable bonds is 10. The summed E-state index contributed by atoms with van der Waals surface area (Å²) in [6, 6.07) is 10.8. The fourth-order valence-electron chi connectivity index (χ4n) is 5.57. The Morgan fingerprint density at radius 1 is 0.625 bits per heavy atom. The van der Waals surface area contributed by atoms with Gasteiger partial charge in [-0.1, -0.05) is 94.2 Å². The van der Waals surface area contributed by atoms with Crippen LogP contribution < -0.4 is 0 Å². The maximum absolute atomic E-state index is 6.94. The van der Waals surface area contributed by atoms with Gasteiger partial charge in [0.2, 0.25) is 0 Å². The van der Waals surface area contributed by atoms with Gasteiger partial charge in [0, 0.05) is 18.3 Å². The van der Waals surface area contributed by atoms with E-state index in [1.54, 1.807) is 0 Å². The lowest BCUT2D eigenvalue weighted by molar-refractivity contribution is -0.0320. The van der Waals surface area contributed by atoms with Crippen LogP contribution in [0, 0.1) is 0 Å². The van der Waals surface area contributed by atoms with E-state index < -0.39 is 8.80 Å². The van der Waals surface area contributed by atoms with E-state index in [4.69, 9.17) is 13.3 Å². The zero-order valence-electron chi connectivity index (χ0n) is 20.0. The van der Waals surface area contributed by atoms with Gasteiger partial charge < -0.3 is 13.3 Å². The van der Waals surface area contributed by atoms with Crippen LogP contribution in [0.15, 0.2) is 42.1 Å². The molecule has 0 aliphatic heterocycles. The average molecular weight is 457 g/mol. The zero-order chi connectivity index (χ0) is 21.9. The maximum Gasteiger partial charge on any atom is 0.530 e. The summed E-state index contributed by atoms with van der Waals surface area (Å²) in [5.41, 5.74) is 3.67. The molecule has 0 saturated heterocycles. The van der Waals surface area contributed by atoms with Crippen LogP contribution in [-0.4, -0.2) is 27.1 Å². The Morgan fingerprint density at radius 3 is 1.50 bits per heavy atom. The van der Waals surface area contributed by atoms with Gasteiger partial charge in [0.1, 0.15) is 0 Å². The first-order valence-corrected chi connectivity index (χ1v) is 15.4. The van der Waals surface area contributed by atoms with Crippen molar-refractivity contribution in [1.82, 2.24) is 0 Å². The molecule has 0 bridgehead atoms. The van der Waals surface area contributed by atoms with Crippen LogP contribution in [0.5, 0.6) is 0 Å². The monoisotopic (exact) mass is 456 g/mol. The molecule has 3 aliphatic rings. The molecule has 0 heterocycles. The van der Waals surface area contributed by atoms with Crippen molar-refractivity contribution < 1.29 is 13.3 Å². The number of hydrogen-bond acceptors (Lipinski definition) is 3. The summed E-state index contributed by atoms with van der Waals surface area (Å²) in [7, 11) is -2.88. The summed E-state index contributed by atoms with van der Waals surface area (Å²) in [4.78, 5) is 0. The van der Waals surface area contributed by atoms with Crippen molar-refractivity contribution in [3.05, 3.63) is 47.7 Å². The molecule has 0 unspecified atom stereocenters. The second kappa shape index (κ2) is 13.1. The van der Waals surface area contributed by atoms with Crippen molar-refractivity contribution in [3.8, 4) is 0 Å². The van der Waals surface area contributed by atoms with Gasteiger partial charge in [-0.15, -0.1) is 0 Å². The van der Waals surface area contributed by atoms with Crippen molar-refractivity contribution in [3.63, 3.8) is 0 Å². The van der Waals surface area contributed by atoms with E-state index in [1.165, 1.54) is 63.4 Å². The van der Waals surface area contributed by atoms with E-state index in [0.29, 0.717) is 18.3 Å². The molecule has 0 amide bonds. The fourth-order valence-corrected chi connectivity index (χ4v) is 8.53. The van der Waals surface area contributed by atoms with Crippen molar-refractivity contribution >= 4 is 8.80 Å². The van der Waals surface area contributed by atoms with E-state index >= 15 is 0 Å². The normalized spacial score (nSPS) is 22.5. The molecule has 0 atom stereocenters. The van der Waals surface area contributed by atoms with Crippen molar-refractivity contribution in [1.29, 1.82) is 0 Å². The average Bonchev–Trinajstić information content (AvgIpc) is 2.84. The summed E-state index contributed by atoms with van der Waals surface area (Å²) >= 11 is 0. The quantitative estimate of drug-likeness (QED) is 0.338. The third-order valence-corrected chi connectivity index (χ3v) is 10.0. The molecule has 4 rings (SSSR count). The third kappa shape index (κ3) is 7.83. The van der Waals surface area contributed by atoms with Crippen LogP contribution in [0.1, 0.15) is 108 Å². The Kier molecular flexibility index (Phi) is 9.88. The SMILES string of the molecule is C(=C[Si](OC1CCCCC1)(OC1CCCCC1)OC1CCCCC1)CCc1ccccc1. The Bertz CT molecular complexity index is 608. The van der Waals surface area contributed by atoms with Gasteiger partial charge in [-0.05, 0) is 62.6 Å². The van der Waals surface area contributed by atoms with Crippen LogP contribution in [0.4, 0.5) is 0 Å². The summed E-state index contributed by atoms with van der Waals surface area (Å²) in [5, 5.41) is 0. The number of allylic oxidation sites excluding steroid dienone is 1. The minimum atomic E-state index is -2.88. The van der Waals surface area contributed by atoms with Gasteiger partial charge in [-0.3, -0.25) is 0 Å². The van der Waals surface area contributed by atoms with Gasteiger partial charge in [0.25, 0.3) is 0 Å². The predicted octanol–water partition coefficient (Wildman–Crippen LogP) is 7.70. The maximum atomic E-state index is 6.94. The van der Waals surface area contributed by atoms with Gasteiger partial charge in [-0.2, -0.15) is 0 Å². The highest BCUT2D eigenvalue weighted by molar-refractivity contribution is 6.66. The largest absolute Gasteiger partial charge is 0.530 e. The van der Waals surface area contributed by atoms with Gasteiger partial charge >= 0.3 is 8.80 Å². The molecule has 0 N–H and O–H groups in total. The van der Waals surface area contributed by atoms with Gasteiger partial charge in [-0.25, -0.2) is 0 Å². The van der Waals surface area contributed by atoms with Gasteiger partial charge in [0.15, 0.2) is 0 Å². The van der Waals surface area contributed by atoms with E-state index in [0.717, 1.165) is 51.4 Å². The molecule has 32 heavy (non-hydrogen) atoms. The predicted molar refractivity (Wildman–Crippen MR) is 134 cm³/mol. The molecule has 3 aliphatic carbocycles. The number of aryl methyl sites for hydroxylation is 1. The smallest absolute Gasteiger partial charge is 0.367 e. The summed E-state index contributed by atoms with van der Waals surface area (Å²) in [6.07, 6.45) is 24.0. The molecule has 4 heteroatoms. The van der Waals surface area contributed by atoms with Gasteiger partial charge in [0.05, 0.1) is 0 Å². The Morgan fingerprint density at radius 2 is 1.06 bits per heavy atom. The molecular formula is C28H44O3Si. The van der Waals surface area contributed by atoms with Crippen LogP contribution in [0.25, 0.3) is 0 Å². The van der Waals surface area contributed by atoms with Crippen LogP contribution in [-0.2, 0) is 19.7 Å². The topological polar surface area (TPSA) is 27.7 Å². The van der Waals surface area contributed by atoms with E-state index in [9.17, 15) is 0 Å². The highest BCUT2D eigenvalue weighted by Gasteiger charge is 2.45. The molecule has 0 radical (unpaired) electrons. The lowest BCUT2D eigenvalue weighted by Gasteiger charge is -2.39. The molecule has 1 aromatic rings. The van der Waals surface area contributed by atoms with Crippen LogP contribution >= 0.6 is 0 Å². The molecule has 3 saturated carbocycles. The first-order chi connectivity index (χ1) is 15.8. The minimum absolute atomic E-state index is 0.307. The Labute approximate surface area is 197 Å². The molecular weight excluding hydrogens is 412 g/mol. The Hall–Kier alpha value is -0.943. The van der Waals surface area contributed by atoms with E-state index in [2.05, 4.69) is 42.1 Å². The third-order valence-electron chi connectivity index (χ3n) is 7.41. The summed E-state index contributed by atoms with van der Waals surface area (Å²) in [6.45, 7) is 0. The first-order valence-electron chi connectivity index (χ1n) is 13.6. The summed E-state index contributed by atoms with van der Waals surface area (Å²) < 4.78 is 20.8. The zero-order valence-corrected chi connectivity index (χ0v) is 21.0. The first kappa shape index (κ1) is 24.2. The second-order valence-electron chi connectivity index (χ2n) is 10.2. The van der Waals surface area contributed by atoms with Crippen LogP contribution in [0.2, 0.25) is 0 Å². The van der Waals surface area contributed by atoms with Crippen molar-refractivity contribution in [2.45, 2.75) is 127 Å². The molecule has 0 spiro atoms. The Balaban J connectivity index is 1.49. The fraction of sp³-hybridized carbons (Fsp3) is 0.714. The van der Waals surface area contributed by atoms with E-state index in [1.807, 2.05) is 0 Å². The molecule has 178 valence electrons. The highest BCUT2D eigenvalue weighted by atomic mass is 28.4. The van der Waals surface area contributed by atoms with Crippen molar-refractivity contribution in [2.24, 2.45) is 0 Å². The number of hydrogen-bond donors (Lipinski definition) is 0. The minimum Gasteiger partial charge on any atom is -0.367 e. The number of benzene rings is 1. The molecule has 0 aromatic heterocycles.